The largest absolute Gasteiger partial charge is 2.00 e. The number of thiocarbonyl (C=S) groups is 1. The van der Waals surface area contributed by atoms with Crippen LogP contribution >= 0.6 is 12.2 Å². The Morgan fingerprint density at radius 1 is 0.316 bits per heavy atom. The van der Waals surface area contributed by atoms with E-state index in [1.54, 1.807) is 31.0 Å². The molecule has 0 fully saturated rings. The third-order valence-corrected chi connectivity index (χ3v) is 14.2. The van der Waals surface area contributed by atoms with E-state index in [0.29, 0.717) is 0 Å². The van der Waals surface area contributed by atoms with Crippen molar-refractivity contribution in [1.29, 1.82) is 15.8 Å². The normalized spacial score (nSPS) is 8.93. The van der Waals surface area contributed by atoms with Crippen molar-refractivity contribution in [2.24, 2.45) is 0 Å². The van der Waals surface area contributed by atoms with E-state index in [9.17, 15) is 0 Å². The molecule has 0 radical (unpaired) electrons. The summed E-state index contributed by atoms with van der Waals surface area (Å²) < 4.78 is 0. The zero-order chi connectivity index (χ0) is 77.1. The van der Waals surface area contributed by atoms with Crippen molar-refractivity contribution in [2.75, 3.05) is 0 Å². The number of hydrogen-bond acceptors (Lipinski definition) is 17. The van der Waals surface area contributed by atoms with E-state index in [0.717, 1.165) is 131 Å². The van der Waals surface area contributed by atoms with Crippen molar-refractivity contribution in [3.05, 3.63) is 406 Å². The average Bonchev–Trinajstić information content (AvgIpc) is 0.863. The summed E-state index contributed by atoms with van der Waals surface area (Å²) in [4.78, 5) is 48.8. The van der Waals surface area contributed by atoms with Gasteiger partial charge in [0.2, 0.25) is 0 Å². The van der Waals surface area contributed by atoms with Crippen LogP contribution in [0.15, 0.2) is 346 Å². The van der Waals surface area contributed by atoms with Crippen molar-refractivity contribution in [1.82, 2.24) is 54.8 Å². The van der Waals surface area contributed by atoms with Gasteiger partial charge in [0.05, 0.1) is 56.9 Å². The van der Waals surface area contributed by atoms with Crippen LogP contribution in [0.3, 0.4) is 0 Å². The van der Waals surface area contributed by atoms with Crippen LogP contribution in [0.25, 0.3) is 119 Å². The Morgan fingerprint density at radius 2 is 0.482 bits per heavy atom. The predicted octanol–water partition coefficient (Wildman–Crippen LogP) is 20.1. The second-order valence-electron chi connectivity index (χ2n) is 21.6. The van der Waals surface area contributed by atoms with Crippen molar-refractivity contribution in [3.8, 4) is 125 Å². The molecule has 16 rings (SSSR count). The molecule has 0 bridgehead atoms. The first-order valence-electron chi connectivity index (χ1n) is 33.1. The number of nitriles is 2. The van der Waals surface area contributed by atoms with E-state index >= 15 is 0 Å². The fourth-order valence-corrected chi connectivity index (χ4v) is 9.60. The van der Waals surface area contributed by atoms with Gasteiger partial charge in [0.1, 0.15) is 0 Å². The van der Waals surface area contributed by atoms with Gasteiger partial charge in [0.15, 0.2) is 0 Å². The molecule has 0 saturated carbocycles. The molecule has 0 aliphatic rings. The monoisotopic (exact) mass is 1740 g/mol. The minimum atomic E-state index is 0. The number of aliphatic hydroxyl groups excluding tert-OH is 1. The van der Waals surface area contributed by atoms with E-state index in [2.05, 4.69) is 116 Å². The molecule has 11 heterocycles. The Labute approximate surface area is 726 Å². The fourth-order valence-electron chi connectivity index (χ4n) is 9.60. The number of benzene rings is 5. The summed E-state index contributed by atoms with van der Waals surface area (Å²) in [5, 5.41) is 36.9. The Kier molecular flexibility index (Phi) is 50.0. The second-order valence-corrected chi connectivity index (χ2v) is 22.0. The Balaban J connectivity index is 0.000000452. The number of nitrogens with zero attached hydrogens (tertiary/aromatic N) is 15. The van der Waals surface area contributed by atoms with E-state index in [4.69, 9.17) is 32.9 Å². The third-order valence-electron chi connectivity index (χ3n) is 14.2. The van der Waals surface area contributed by atoms with Gasteiger partial charge in [-0.3, -0.25) is 49.8 Å². The predicted molar refractivity (Wildman–Crippen MR) is 433 cm³/mol. The molecule has 16 nitrogen and oxygen atoms in total. The smallest absolute Gasteiger partial charge is 0.753 e. The van der Waals surface area contributed by atoms with Gasteiger partial charge in [0.25, 0.3) is 6.26 Å². The summed E-state index contributed by atoms with van der Waals surface area (Å²) in [5.41, 5.74) is 20.4. The topological polar surface area (TPSA) is 256 Å². The molecular weight excluding hydrogens is 1680 g/mol. The zero-order valence-corrected chi connectivity index (χ0v) is 67.0. The quantitative estimate of drug-likeness (QED) is 0.0333. The number of thiocyanates is 1. The summed E-state index contributed by atoms with van der Waals surface area (Å²) in [6.45, 7) is 8.67. The van der Waals surface area contributed by atoms with E-state index in [1.807, 2.05) is 329 Å². The first-order valence-corrected chi connectivity index (χ1v) is 33.9. The Bertz CT molecular complexity index is 4410. The first kappa shape index (κ1) is 97.6. The van der Waals surface area contributed by atoms with Crippen molar-refractivity contribution >= 4 is 30.0 Å². The van der Waals surface area contributed by atoms with Gasteiger partial charge in [-0.2, -0.15) is 28.6 Å². The first-order chi connectivity index (χ1) is 53.7. The van der Waals surface area contributed by atoms with Crippen LogP contribution in [0.2, 0.25) is 0 Å². The van der Waals surface area contributed by atoms with Gasteiger partial charge >= 0.3 is 66.0 Å². The fraction of sp³-hybridized carbons (Fsp3) is 0.0220. The van der Waals surface area contributed by atoms with E-state index in [1.165, 1.54) is 10.6 Å². The molecule has 0 saturated heterocycles. The van der Waals surface area contributed by atoms with Crippen LogP contribution in [0, 0.1) is 84.3 Å². The Morgan fingerprint density at radius 3 is 0.623 bits per heavy atom. The maximum Gasteiger partial charge on any atom is 2.00 e. The van der Waals surface area contributed by atoms with Crippen LogP contribution < -0.4 is 0 Å². The molecule has 23 heteroatoms. The van der Waals surface area contributed by atoms with Crippen LogP contribution in [0.4, 0.5) is 0 Å². The zero-order valence-electron chi connectivity index (χ0n) is 60.5. The molecule has 5 aromatic carbocycles. The average molecular weight is 1740 g/mol. The number of aromatic nitrogens is 11. The van der Waals surface area contributed by atoms with E-state index < -0.39 is 0 Å². The minimum absolute atomic E-state index is 0. The standard InChI is InChI=1S/5C16H11N2.C7H8N.CHNO.CHNS.CNS.CN.5Ni/c5*1-2-7-13(8-3-1)14-10-6-11-16(18-14)15-9-4-5-12-17-15;1-6-4-3-5-7(2)8-6;3*2-1-3;1-2;;;;;/h5*1-7,9-12H;4-5H,1-2H3;2*3H;;;;;;;/q6*-1;;;2*-1;;4*+2/p-1. The van der Waals surface area contributed by atoms with Gasteiger partial charge in [-0.05, 0) is 119 Å². The van der Waals surface area contributed by atoms with Crippen LogP contribution in [-0.4, -0.2) is 65.1 Å². The third kappa shape index (κ3) is 34.4. The molecular formula is C91H64N15Ni5OS2-. The molecule has 572 valence electrons. The molecule has 11 aromatic heterocycles. The number of isothiocyanates is 1. The van der Waals surface area contributed by atoms with Crippen LogP contribution in [0.5, 0.6) is 0 Å². The summed E-state index contributed by atoms with van der Waals surface area (Å²) in [6, 6.07) is 121. The van der Waals surface area contributed by atoms with Crippen molar-refractivity contribution in [2.45, 2.75) is 13.8 Å². The van der Waals surface area contributed by atoms with Gasteiger partial charge < -0.3 is 40.0 Å². The molecule has 0 aliphatic carbocycles. The van der Waals surface area contributed by atoms with Crippen molar-refractivity contribution in [3.63, 3.8) is 0 Å². The summed E-state index contributed by atoms with van der Waals surface area (Å²) in [7, 11) is 0. The molecule has 114 heavy (non-hydrogen) atoms. The number of rotatable bonds is 10. The van der Waals surface area contributed by atoms with Gasteiger partial charge in [0, 0.05) is 47.5 Å². The van der Waals surface area contributed by atoms with Gasteiger partial charge in [-0.25, -0.2) is 5.26 Å². The van der Waals surface area contributed by atoms with Gasteiger partial charge in [-0.1, -0.05) is 134 Å². The van der Waals surface area contributed by atoms with Crippen LogP contribution in [-0.2, 0) is 95.1 Å². The molecule has 0 unspecified atom stereocenters. The molecule has 0 amide bonds. The number of aliphatic hydroxyl groups is 1. The second kappa shape index (κ2) is 58.4. The summed E-state index contributed by atoms with van der Waals surface area (Å²) >= 11 is 7.40. The molecule has 1 N–H and O–H groups in total. The number of hydrogen-bond donors (Lipinski definition) is 1. The molecule has 0 aliphatic heterocycles. The SMILES string of the molecule is Cc1c[c-]cc(C)n1.N#CO.N#C[S-].[C-]#N.[N-]=C=S.[Ni+2].[Ni+2].[Ni+2].[Ni+2].[Ni].[c-]1ccccc1-c1cccc(-c2ccccn2)n1.[c-]1ccccc1-c1cccc(-c2ccccn2)n1.[c-]1ccccc1-c1cccc(-c2ccccn2)n1.[c-]1ccccc1-c1cccc(-c2ccccn2)n1.[c-]1ccccc1-c1cccc(-c2ccccn2)n1. The van der Waals surface area contributed by atoms with Crippen molar-refractivity contribution < 1.29 is 87.6 Å². The van der Waals surface area contributed by atoms with E-state index in [-0.39, 0.29) is 82.5 Å². The minimum Gasteiger partial charge on any atom is -0.753 e. The number of pyridine rings is 11. The maximum absolute atomic E-state index is 7.13. The molecule has 0 atom stereocenters. The van der Waals surface area contributed by atoms with Gasteiger partial charge in [-0.15, -0.1) is 179 Å². The molecule has 16 aromatic rings. The summed E-state index contributed by atoms with van der Waals surface area (Å²) in [6.07, 6.45) is 9.63. The molecule has 0 spiro atoms. The van der Waals surface area contributed by atoms with Crippen LogP contribution in [0.1, 0.15) is 11.4 Å². The maximum atomic E-state index is 7.13. The number of aryl methyl sites for hydroxylation is 2. The Hall–Kier alpha value is -12.5. The summed E-state index contributed by atoms with van der Waals surface area (Å²) in [5.74, 6) is 0.